The molecule has 1 aromatic carbocycles. The molecule has 130 valence electrons. The minimum absolute atomic E-state index is 0.172. The van der Waals surface area contributed by atoms with Gasteiger partial charge in [-0.1, -0.05) is 6.07 Å². The summed E-state index contributed by atoms with van der Waals surface area (Å²) in [6, 6.07) is 7.81. The average Bonchev–Trinajstić information content (AvgIpc) is 3.10. The van der Waals surface area contributed by atoms with Crippen LogP contribution in [0.3, 0.4) is 0 Å². The lowest BCUT2D eigenvalue weighted by atomic mass is 10.2. The van der Waals surface area contributed by atoms with Crippen LogP contribution in [0.1, 0.15) is 0 Å². The molecule has 0 aliphatic rings. The molecular weight excluding hydrogens is 364 g/mol. The molecule has 0 radical (unpaired) electrons. The van der Waals surface area contributed by atoms with Crippen LogP contribution in [0.25, 0.3) is 10.9 Å². The maximum Gasteiger partial charge on any atom is 0.258 e. The number of likely N-dealkylation sites (N-methyl/N-ethyl adjacent to an activating group) is 1. The average molecular weight is 378 g/mol. The fourth-order valence-corrected chi connectivity index (χ4v) is 4.53. The quantitative estimate of drug-likeness (QED) is 0.694. The second-order valence-corrected chi connectivity index (χ2v) is 8.42. The van der Waals surface area contributed by atoms with Crippen molar-refractivity contribution in [2.24, 2.45) is 0 Å². The monoisotopic (exact) mass is 378 g/mol. The minimum atomic E-state index is -3.70. The van der Waals surface area contributed by atoms with Gasteiger partial charge in [-0.15, -0.1) is 11.3 Å². The normalized spacial score (nSPS) is 11.8. The number of H-pyrrole nitrogens is 1. The Bertz CT molecular complexity index is 1070. The van der Waals surface area contributed by atoms with Gasteiger partial charge in [0.15, 0.2) is 0 Å². The number of nitrogens with one attached hydrogen (secondary N) is 2. The first-order valence-corrected chi connectivity index (χ1v) is 9.47. The number of amides is 1. The zero-order valence-electron chi connectivity index (χ0n) is 13.1. The van der Waals surface area contributed by atoms with Gasteiger partial charge >= 0.3 is 0 Å². The van der Waals surface area contributed by atoms with Crippen molar-refractivity contribution < 1.29 is 13.2 Å². The van der Waals surface area contributed by atoms with Gasteiger partial charge in [0.2, 0.25) is 5.91 Å². The number of rotatable bonds is 5. The van der Waals surface area contributed by atoms with Crippen LogP contribution in [0.4, 0.5) is 5.69 Å². The van der Waals surface area contributed by atoms with E-state index >= 15 is 0 Å². The number of sulfonamides is 1. The van der Waals surface area contributed by atoms with Gasteiger partial charge in [0.1, 0.15) is 4.21 Å². The van der Waals surface area contributed by atoms with E-state index in [1.165, 1.54) is 25.5 Å². The summed E-state index contributed by atoms with van der Waals surface area (Å²) in [6.07, 6.45) is 1.30. The number of anilines is 1. The molecule has 0 unspecified atom stereocenters. The van der Waals surface area contributed by atoms with Gasteiger partial charge < -0.3 is 10.3 Å². The van der Waals surface area contributed by atoms with E-state index in [2.05, 4.69) is 15.3 Å². The Labute approximate surface area is 147 Å². The zero-order chi connectivity index (χ0) is 18.0. The van der Waals surface area contributed by atoms with E-state index in [-0.39, 0.29) is 16.3 Å². The summed E-state index contributed by atoms with van der Waals surface area (Å²) in [5, 5.41) is 4.57. The number of carbonyl (C=O) groups is 1. The molecule has 2 heterocycles. The molecule has 0 saturated heterocycles. The van der Waals surface area contributed by atoms with E-state index in [4.69, 9.17) is 0 Å². The number of aromatic amines is 1. The number of hydrogen-bond donors (Lipinski definition) is 2. The number of fused-ring (bicyclic) bond motifs is 1. The van der Waals surface area contributed by atoms with Gasteiger partial charge in [0.05, 0.1) is 23.8 Å². The Kier molecular flexibility index (Phi) is 4.66. The SMILES string of the molecule is CN(CC(=O)Nc1ccc2nc[nH]c(=O)c2c1)S(=O)(=O)c1cccs1. The predicted octanol–water partition coefficient (Wildman–Crippen LogP) is 1.24. The maximum absolute atomic E-state index is 12.3. The number of nitrogens with zero attached hydrogens (tertiary/aromatic N) is 2. The summed E-state index contributed by atoms with van der Waals surface area (Å²) in [6.45, 7) is -0.346. The number of benzene rings is 1. The van der Waals surface area contributed by atoms with Crippen molar-refractivity contribution in [1.29, 1.82) is 0 Å². The predicted molar refractivity (Wildman–Crippen MR) is 95.1 cm³/mol. The Morgan fingerprint density at radius 1 is 1.36 bits per heavy atom. The molecule has 1 amide bonds. The summed E-state index contributed by atoms with van der Waals surface area (Å²) in [5.74, 6) is -0.512. The molecule has 0 aliphatic carbocycles. The smallest absolute Gasteiger partial charge is 0.258 e. The molecule has 0 spiro atoms. The molecule has 3 rings (SSSR count). The van der Waals surface area contributed by atoms with Crippen LogP contribution in [0.2, 0.25) is 0 Å². The lowest BCUT2D eigenvalue weighted by Gasteiger charge is -2.15. The van der Waals surface area contributed by atoms with Gasteiger partial charge in [0.25, 0.3) is 15.6 Å². The van der Waals surface area contributed by atoms with Gasteiger partial charge in [-0.25, -0.2) is 13.4 Å². The van der Waals surface area contributed by atoms with E-state index in [0.717, 1.165) is 15.6 Å². The summed E-state index contributed by atoms with van der Waals surface area (Å²) >= 11 is 1.09. The van der Waals surface area contributed by atoms with Crippen molar-refractivity contribution in [1.82, 2.24) is 14.3 Å². The number of carbonyl (C=O) groups excluding carboxylic acids is 1. The summed E-state index contributed by atoms with van der Waals surface area (Å²) in [7, 11) is -2.36. The van der Waals surface area contributed by atoms with Gasteiger partial charge in [-0.3, -0.25) is 9.59 Å². The van der Waals surface area contributed by atoms with Crippen molar-refractivity contribution in [3.8, 4) is 0 Å². The highest BCUT2D eigenvalue weighted by atomic mass is 32.2. The lowest BCUT2D eigenvalue weighted by Crippen LogP contribution is -2.34. The van der Waals surface area contributed by atoms with Crippen molar-refractivity contribution in [2.45, 2.75) is 4.21 Å². The highest BCUT2D eigenvalue weighted by molar-refractivity contribution is 7.91. The Morgan fingerprint density at radius 3 is 2.88 bits per heavy atom. The standard InChI is InChI=1S/C15H14N4O4S2/c1-19(25(22,23)14-3-2-6-24-14)8-13(20)18-10-4-5-12-11(7-10)15(21)17-9-16-12/h2-7,9H,8H2,1H3,(H,18,20)(H,16,17,21). The summed E-state index contributed by atoms with van der Waals surface area (Å²) in [5.41, 5.74) is 0.565. The molecule has 0 saturated carbocycles. The molecule has 3 aromatic rings. The molecule has 0 bridgehead atoms. The van der Waals surface area contributed by atoms with Gasteiger partial charge in [0, 0.05) is 12.7 Å². The van der Waals surface area contributed by atoms with Crippen LogP contribution in [-0.4, -0.2) is 42.2 Å². The van der Waals surface area contributed by atoms with Crippen LogP contribution in [0.5, 0.6) is 0 Å². The van der Waals surface area contributed by atoms with Crippen molar-refractivity contribution in [3.05, 3.63) is 52.4 Å². The minimum Gasteiger partial charge on any atom is -0.325 e. The fraction of sp³-hybridized carbons (Fsp3) is 0.133. The largest absolute Gasteiger partial charge is 0.325 e. The van der Waals surface area contributed by atoms with Crippen molar-refractivity contribution in [3.63, 3.8) is 0 Å². The third kappa shape index (κ3) is 3.60. The Morgan fingerprint density at radius 2 is 2.16 bits per heavy atom. The highest BCUT2D eigenvalue weighted by Crippen LogP contribution is 2.20. The van der Waals surface area contributed by atoms with E-state index in [1.807, 2.05) is 0 Å². The third-order valence-corrected chi connectivity index (χ3v) is 6.63. The lowest BCUT2D eigenvalue weighted by molar-refractivity contribution is -0.116. The molecule has 8 nitrogen and oxygen atoms in total. The van der Waals surface area contributed by atoms with Gasteiger partial charge in [-0.2, -0.15) is 4.31 Å². The maximum atomic E-state index is 12.3. The first-order chi connectivity index (χ1) is 11.9. The van der Waals surface area contributed by atoms with E-state index < -0.39 is 15.9 Å². The molecule has 10 heteroatoms. The number of thiophene rings is 1. The Balaban J connectivity index is 1.74. The van der Waals surface area contributed by atoms with Gasteiger partial charge in [-0.05, 0) is 29.6 Å². The molecule has 0 atom stereocenters. The van der Waals surface area contributed by atoms with Crippen LogP contribution in [0, 0.1) is 0 Å². The second kappa shape index (κ2) is 6.75. The van der Waals surface area contributed by atoms with E-state index in [9.17, 15) is 18.0 Å². The second-order valence-electron chi connectivity index (χ2n) is 5.20. The van der Waals surface area contributed by atoms with Crippen LogP contribution < -0.4 is 10.9 Å². The van der Waals surface area contributed by atoms with Crippen LogP contribution in [0.15, 0.2) is 51.0 Å². The van der Waals surface area contributed by atoms with Crippen LogP contribution in [-0.2, 0) is 14.8 Å². The first-order valence-electron chi connectivity index (χ1n) is 7.15. The van der Waals surface area contributed by atoms with E-state index in [0.29, 0.717) is 16.6 Å². The third-order valence-electron chi connectivity index (χ3n) is 3.45. The topological polar surface area (TPSA) is 112 Å². The fourth-order valence-electron chi connectivity index (χ4n) is 2.20. The first kappa shape index (κ1) is 17.3. The molecule has 25 heavy (non-hydrogen) atoms. The van der Waals surface area contributed by atoms with Crippen LogP contribution >= 0.6 is 11.3 Å². The van der Waals surface area contributed by atoms with Crippen molar-refractivity contribution in [2.75, 3.05) is 18.9 Å². The molecule has 0 fully saturated rings. The molecule has 0 aliphatic heterocycles. The summed E-state index contributed by atoms with van der Waals surface area (Å²) in [4.78, 5) is 30.4. The molecule has 2 aromatic heterocycles. The summed E-state index contributed by atoms with van der Waals surface area (Å²) < 4.78 is 25.8. The molecular formula is C15H14N4O4S2. The number of aromatic nitrogens is 2. The van der Waals surface area contributed by atoms with E-state index in [1.54, 1.807) is 23.6 Å². The number of hydrogen-bond acceptors (Lipinski definition) is 6. The molecule has 2 N–H and O–H groups in total. The highest BCUT2D eigenvalue weighted by Gasteiger charge is 2.23. The zero-order valence-corrected chi connectivity index (χ0v) is 14.7. The van der Waals surface area contributed by atoms with Crippen molar-refractivity contribution >= 4 is 43.9 Å². The Hall–Kier alpha value is -2.56.